The summed E-state index contributed by atoms with van der Waals surface area (Å²) in [6.07, 6.45) is 1.16. The summed E-state index contributed by atoms with van der Waals surface area (Å²) in [6.45, 7) is 5.31. The quantitative estimate of drug-likeness (QED) is 0.678. The highest BCUT2D eigenvalue weighted by atomic mass is 16.7. The fourth-order valence-corrected chi connectivity index (χ4v) is 1.44. The van der Waals surface area contributed by atoms with E-state index in [1.54, 1.807) is 0 Å². The van der Waals surface area contributed by atoms with Crippen LogP contribution in [0.3, 0.4) is 0 Å². The van der Waals surface area contributed by atoms with E-state index in [1.165, 1.54) is 0 Å². The van der Waals surface area contributed by atoms with Crippen LogP contribution in [0, 0.1) is 0 Å². The summed E-state index contributed by atoms with van der Waals surface area (Å²) in [5.74, 6) is -0.499. The van der Waals surface area contributed by atoms with Gasteiger partial charge in [0.05, 0.1) is 6.61 Å². The molecule has 0 radical (unpaired) electrons. The molecule has 1 atom stereocenters. The van der Waals surface area contributed by atoms with Crippen LogP contribution in [0.2, 0.25) is 0 Å². The van der Waals surface area contributed by atoms with Crippen LogP contribution in [0.5, 0.6) is 0 Å². The number of amides is 1. The van der Waals surface area contributed by atoms with Gasteiger partial charge < -0.3 is 20.5 Å². The Kier molecular flexibility index (Phi) is 4.50. The molecule has 0 aromatic rings. The van der Waals surface area contributed by atoms with E-state index in [0.29, 0.717) is 26.1 Å². The molecule has 1 fully saturated rings. The molecule has 1 unspecified atom stereocenters. The molecule has 1 amide bonds. The Morgan fingerprint density at radius 3 is 2.87 bits per heavy atom. The average Bonchev–Trinajstić information content (AvgIpc) is 2.52. The molecule has 5 nitrogen and oxygen atoms in total. The molecular weight excluding hydrogens is 196 g/mol. The number of ether oxygens (including phenoxy) is 2. The van der Waals surface area contributed by atoms with Gasteiger partial charge in [-0.25, -0.2) is 0 Å². The van der Waals surface area contributed by atoms with Gasteiger partial charge in [0.2, 0.25) is 5.91 Å². The van der Waals surface area contributed by atoms with Crippen molar-refractivity contribution in [3.05, 3.63) is 0 Å². The van der Waals surface area contributed by atoms with Crippen molar-refractivity contribution in [3.63, 3.8) is 0 Å². The largest absolute Gasteiger partial charge is 0.353 e. The minimum absolute atomic E-state index is 0.0220. The van der Waals surface area contributed by atoms with Crippen molar-refractivity contribution in [2.45, 2.75) is 38.6 Å². The molecule has 0 bridgehead atoms. The van der Waals surface area contributed by atoms with Gasteiger partial charge in [0.25, 0.3) is 0 Å². The van der Waals surface area contributed by atoms with E-state index in [2.05, 4.69) is 5.32 Å². The SMILES string of the molecule is CC1(C)OCC(CNC(=O)CCCN)O1. The van der Waals surface area contributed by atoms with Crippen LogP contribution < -0.4 is 11.1 Å². The summed E-state index contributed by atoms with van der Waals surface area (Å²) < 4.78 is 10.9. The maximum absolute atomic E-state index is 11.3. The van der Waals surface area contributed by atoms with E-state index >= 15 is 0 Å². The van der Waals surface area contributed by atoms with Crippen LogP contribution in [0.25, 0.3) is 0 Å². The number of hydrogen-bond donors (Lipinski definition) is 2. The normalized spacial score (nSPS) is 24.1. The maximum Gasteiger partial charge on any atom is 0.220 e. The topological polar surface area (TPSA) is 73.6 Å². The Hall–Kier alpha value is -0.650. The Morgan fingerprint density at radius 1 is 1.60 bits per heavy atom. The van der Waals surface area contributed by atoms with Gasteiger partial charge in [-0.3, -0.25) is 4.79 Å². The third-order valence-electron chi connectivity index (χ3n) is 2.20. The standard InChI is InChI=1S/C10H20N2O3/c1-10(2)14-7-8(15-10)6-12-9(13)4-3-5-11/h8H,3-7,11H2,1-2H3,(H,12,13). The van der Waals surface area contributed by atoms with Crippen LogP contribution in [0.4, 0.5) is 0 Å². The Bertz CT molecular complexity index is 219. The summed E-state index contributed by atoms with van der Waals surface area (Å²) in [5.41, 5.74) is 5.31. The highest BCUT2D eigenvalue weighted by molar-refractivity contribution is 5.75. The zero-order valence-corrected chi connectivity index (χ0v) is 9.41. The molecule has 0 spiro atoms. The molecule has 3 N–H and O–H groups in total. The summed E-state index contributed by atoms with van der Waals surface area (Å²) in [7, 11) is 0. The van der Waals surface area contributed by atoms with Crippen molar-refractivity contribution in [2.75, 3.05) is 19.7 Å². The molecule has 0 aliphatic carbocycles. The van der Waals surface area contributed by atoms with E-state index in [1.807, 2.05) is 13.8 Å². The molecule has 15 heavy (non-hydrogen) atoms. The minimum atomic E-state index is -0.521. The summed E-state index contributed by atoms with van der Waals surface area (Å²) in [6, 6.07) is 0. The molecule has 1 saturated heterocycles. The van der Waals surface area contributed by atoms with Crippen molar-refractivity contribution >= 4 is 5.91 Å². The monoisotopic (exact) mass is 216 g/mol. The van der Waals surface area contributed by atoms with Gasteiger partial charge in [-0.05, 0) is 26.8 Å². The molecular formula is C10H20N2O3. The van der Waals surface area contributed by atoms with E-state index in [-0.39, 0.29) is 12.0 Å². The third-order valence-corrected chi connectivity index (χ3v) is 2.20. The fourth-order valence-electron chi connectivity index (χ4n) is 1.44. The van der Waals surface area contributed by atoms with Gasteiger partial charge in [0.15, 0.2) is 5.79 Å². The van der Waals surface area contributed by atoms with Crippen molar-refractivity contribution in [3.8, 4) is 0 Å². The average molecular weight is 216 g/mol. The number of rotatable bonds is 5. The maximum atomic E-state index is 11.3. The van der Waals surface area contributed by atoms with E-state index in [0.717, 1.165) is 6.42 Å². The van der Waals surface area contributed by atoms with Crippen molar-refractivity contribution in [1.82, 2.24) is 5.32 Å². The zero-order valence-electron chi connectivity index (χ0n) is 9.41. The van der Waals surface area contributed by atoms with Crippen LogP contribution in [0.15, 0.2) is 0 Å². The van der Waals surface area contributed by atoms with Gasteiger partial charge in [0.1, 0.15) is 6.10 Å². The fraction of sp³-hybridized carbons (Fsp3) is 0.900. The van der Waals surface area contributed by atoms with Crippen LogP contribution in [0.1, 0.15) is 26.7 Å². The lowest BCUT2D eigenvalue weighted by Gasteiger charge is -2.17. The summed E-state index contributed by atoms with van der Waals surface area (Å²) >= 11 is 0. The van der Waals surface area contributed by atoms with Crippen molar-refractivity contribution in [2.24, 2.45) is 5.73 Å². The predicted molar refractivity (Wildman–Crippen MR) is 56.2 cm³/mol. The number of nitrogens with two attached hydrogens (primary N) is 1. The Morgan fingerprint density at radius 2 is 2.33 bits per heavy atom. The van der Waals surface area contributed by atoms with Crippen LogP contribution in [-0.4, -0.2) is 37.5 Å². The molecule has 1 aliphatic heterocycles. The van der Waals surface area contributed by atoms with Crippen LogP contribution >= 0.6 is 0 Å². The van der Waals surface area contributed by atoms with Gasteiger partial charge in [-0.1, -0.05) is 0 Å². The molecule has 0 aromatic carbocycles. The molecule has 5 heteroatoms. The second-order valence-electron chi connectivity index (χ2n) is 4.15. The van der Waals surface area contributed by atoms with E-state index < -0.39 is 5.79 Å². The van der Waals surface area contributed by atoms with Gasteiger partial charge in [0, 0.05) is 13.0 Å². The summed E-state index contributed by atoms with van der Waals surface area (Å²) in [4.78, 5) is 11.3. The van der Waals surface area contributed by atoms with E-state index in [9.17, 15) is 4.79 Å². The first-order valence-corrected chi connectivity index (χ1v) is 5.32. The molecule has 1 rings (SSSR count). The molecule has 88 valence electrons. The van der Waals surface area contributed by atoms with Gasteiger partial charge in [-0.2, -0.15) is 0 Å². The Balaban J connectivity index is 2.13. The zero-order chi connectivity index (χ0) is 11.3. The molecule has 1 aliphatic rings. The molecule has 0 saturated carbocycles. The first kappa shape index (κ1) is 12.4. The smallest absolute Gasteiger partial charge is 0.220 e. The summed E-state index contributed by atoms with van der Waals surface area (Å²) in [5, 5.41) is 2.80. The van der Waals surface area contributed by atoms with E-state index in [4.69, 9.17) is 15.2 Å². The second kappa shape index (κ2) is 5.44. The Labute approximate surface area is 90.3 Å². The first-order chi connectivity index (χ1) is 7.03. The van der Waals surface area contributed by atoms with Crippen molar-refractivity contribution in [1.29, 1.82) is 0 Å². The number of carbonyl (C=O) groups excluding carboxylic acids is 1. The lowest BCUT2D eigenvalue weighted by Crippen LogP contribution is -2.34. The minimum Gasteiger partial charge on any atom is -0.353 e. The molecule has 1 heterocycles. The number of carbonyl (C=O) groups is 1. The second-order valence-corrected chi connectivity index (χ2v) is 4.15. The predicted octanol–water partition coefficient (Wildman–Crippen LogP) is -0.00700. The lowest BCUT2D eigenvalue weighted by molar-refractivity contribution is -0.139. The highest BCUT2D eigenvalue weighted by Gasteiger charge is 2.32. The highest BCUT2D eigenvalue weighted by Crippen LogP contribution is 2.21. The number of nitrogens with one attached hydrogen (secondary N) is 1. The molecule has 0 aromatic heterocycles. The van der Waals surface area contributed by atoms with Gasteiger partial charge >= 0.3 is 0 Å². The number of hydrogen-bond acceptors (Lipinski definition) is 4. The lowest BCUT2D eigenvalue weighted by atomic mass is 10.3. The third kappa shape index (κ3) is 4.59. The van der Waals surface area contributed by atoms with Crippen LogP contribution in [-0.2, 0) is 14.3 Å². The van der Waals surface area contributed by atoms with Gasteiger partial charge in [-0.15, -0.1) is 0 Å². The first-order valence-electron chi connectivity index (χ1n) is 5.32. The van der Waals surface area contributed by atoms with Crippen molar-refractivity contribution < 1.29 is 14.3 Å².